The second-order valence-electron chi connectivity index (χ2n) is 6.20. The smallest absolute Gasteiger partial charge is 0.256 e. The Labute approximate surface area is 155 Å². The van der Waals surface area contributed by atoms with E-state index in [0.717, 1.165) is 38.5 Å². The van der Waals surface area contributed by atoms with Crippen molar-refractivity contribution in [1.29, 1.82) is 0 Å². The number of carbonyl (C=O) groups excluding carboxylic acids is 1. The van der Waals surface area contributed by atoms with Gasteiger partial charge in [0.05, 0.1) is 16.6 Å². The predicted octanol–water partition coefficient (Wildman–Crippen LogP) is 4.57. The van der Waals surface area contributed by atoms with E-state index < -0.39 is 0 Å². The summed E-state index contributed by atoms with van der Waals surface area (Å²) in [5.41, 5.74) is 4.71. The van der Waals surface area contributed by atoms with E-state index in [2.05, 4.69) is 21.5 Å². The molecule has 1 aromatic carbocycles. The van der Waals surface area contributed by atoms with Crippen LogP contribution in [0.3, 0.4) is 0 Å². The SMILES string of the molecule is Cc1cc(C(=O)Nc2ccccc2-c2cccs2)c2c(C)nn(C)c2n1. The highest BCUT2D eigenvalue weighted by Gasteiger charge is 2.19. The summed E-state index contributed by atoms with van der Waals surface area (Å²) >= 11 is 1.65. The van der Waals surface area contributed by atoms with Crippen molar-refractivity contribution in [1.82, 2.24) is 14.8 Å². The highest BCUT2D eigenvalue weighted by Crippen LogP contribution is 2.32. The van der Waals surface area contributed by atoms with E-state index in [1.54, 1.807) is 16.0 Å². The number of anilines is 1. The molecule has 26 heavy (non-hydrogen) atoms. The molecule has 0 aliphatic carbocycles. The molecular formula is C20H18N4OS. The molecule has 0 aliphatic rings. The van der Waals surface area contributed by atoms with Gasteiger partial charge in [0.15, 0.2) is 5.65 Å². The summed E-state index contributed by atoms with van der Waals surface area (Å²) in [6.07, 6.45) is 0. The molecule has 0 radical (unpaired) electrons. The lowest BCUT2D eigenvalue weighted by atomic mass is 10.1. The summed E-state index contributed by atoms with van der Waals surface area (Å²) in [6.45, 7) is 3.79. The molecule has 130 valence electrons. The first-order chi connectivity index (χ1) is 12.5. The minimum absolute atomic E-state index is 0.152. The molecule has 0 spiro atoms. The van der Waals surface area contributed by atoms with Crippen LogP contribution in [0.5, 0.6) is 0 Å². The Kier molecular flexibility index (Phi) is 4.05. The standard InChI is InChI=1S/C20H18N4OS/c1-12-11-15(18-13(2)23-24(3)19(18)21-12)20(25)22-16-8-5-4-7-14(16)17-9-6-10-26-17/h4-11H,1-3H3,(H,22,25). The molecule has 6 heteroatoms. The highest BCUT2D eigenvalue weighted by atomic mass is 32.1. The van der Waals surface area contributed by atoms with E-state index in [0.29, 0.717) is 5.56 Å². The van der Waals surface area contributed by atoms with Gasteiger partial charge in [0, 0.05) is 28.9 Å². The largest absolute Gasteiger partial charge is 0.321 e. The molecule has 0 saturated heterocycles. The Morgan fingerprint density at radius 2 is 1.96 bits per heavy atom. The number of nitrogens with zero attached hydrogens (tertiary/aromatic N) is 3. The lowest BCUT2D eigenvalue weighted by Crippen LogP contribution is -2.14. The number of rotatable bonds is 3. The minimum atomic E-state index is -0.152. The Hall–Kier alpha value is -2.99. The van der Waals surface area contributed by atoms with E-state index in [1.165, 1.54) is 0 Å². The second kappa shape index (κ2) is 6.38. The number of hydrogen-bond acceptors (Lipinski definition) is 4. The Bertz CT molecular complexity index is 1110. The molecule has 4 rings (SSSR count). The summed E-state index contributed by atoms with van der Waals surface area (Å²) in [6, 6.07) is 13.7. The Morgan fingerprint density at radius 1 is 1.15 bits per heavy atom. The van der Waals surface area contributed by atoms with E-state index in [1.807, 2.05) is 62.7 Å². The average Bonchev–Trinajstić information content (AvgIpc) is 3.24. The van der Waals surface area contributed by atoms with Crippen LogP contribution in [-0.4, -0.2) is 20.7 Å². The van der Waals surface area contributed by atoms with E-state index in [-0.39, 0.29) is 5.91 Å². The number of nitrogens with one attached hydrogen (secondary N) is 1. The minimum Gasteiger partial charge on any atom is -0.321 e. The fraction of sp³-hybridized carbons (Fsp3) is 0.150. The number of benzene rings is 1. The normalized spacial score (nSPS) is 11.0. The fourth-order valence-corrected chi connectivity index (χ4v) is 3.94. The number of para-hydroxylation sites is 1. The van der Waals surface area contributed by atoms with Crippen LogP contribution in [-0.2, 0) is 7.05 Å². The molecule has 0 fully saturated rings. The zero-order valence-corrected chi connectivity index (χ0v) is 15.6. The second-order valence-corrected chi connectivity index (χ2v) is 7.14. The first-order valence-electron chi connectivity index (χ1n) is 8.30. The van der Waals surface area contributed by atoms with Crippen LogP contribution in [0.4, 0.5) is 5.69 Å². The van der Waals surface area contributed by atoms with E-state index in [9.17, 15) is 4.79 Å². The molecule has 0 unspecified atom stereocenters. The van der Waals surface area contributed by atoms with Crippen LogP contribution in [0, 0.1) is 13.8 Å². The van der Waals surface area contributed by atoms with Crippen molar-refractivity contribution in [2.45, 2.75) is 13.8 Å². The monoisotopic (exact) mass is 362 g/mol. The van der Waals surface area contributed by atoms with Crippen molar-refractivity contribution >= 4 is 34.0 Å². The lowest BCUT2D eigenvalue weighted by Gasteiger charge is -2.11. The first kappa shape index (κ1) is 16.5. The maximum absolute atomic E-state index is 13.1. The van der Waals surface area contributed by atoms with Crippen molar-refractivity contribution in [3.63, 3.8) is 0 Å². The topological polar surface area (TPSA) is 59.8 Å². The number of aromatic nitrogens is 3. The van der Waals surface area contributed by atoms with Crippen LogP contribution in [0.25, 0.3) is 21.5 Å². The van der Waals surface area contributed by atoms with Gasteiger partial charge < -0.3 is 5.32 Å². The number of fused-ring (bicyclic) bond motifs is 1. The first-order valence-corrected chi connectivity index (χ1v) is 9.18. The van der Waals surface area contributed by atoms with Gasteiger partial charge in [-0.3, -0.25) is 9.48 Å². The number of thiophene rings is 1. The van der Waals surface area contributed by atoms with Crippen molar-refractivity contribution in [3.05, 3.63) is 64.8 Å². The maximum Gasteiger partial charge on any atom is 0.256 e. The fourth-order valence-electron chi connectivity index (χ4n) is 3.18. The molecule has 3 heterocycles. The van der Waals surface area contributed by atoms with Gasteiger partial charge in [-0.2, -0.15) is 5.10 Å². The molecular weight excluding hydrogens is 344 g/mol. The summed E-state index contributed by atoms with van der Waals surface area (Å²) in [4.78, 5) is 18.7. The Morgan fingerprint density at radius 3 is 2.73 bits per heavy atom. The third kappa shape index (κ3) is 2.78. The number of hydrogen-bond donors (Lipinski definition) is 1. The van der Waals surface area contributed by atoms with Gasteiger partial charge in [-0.1, -0.05) is 24.3 Å². The zero-order valence-electron chi connectivity index (χ0n) is 14.8. The number of carbonyl (C=O) groups is 1. The van der Waals surface area contributed by atoms with Gasteiger partial charge in [0.2, 0.25) is 0 Å². The third-order valence-corrected chi connectivity index (χ3v) is 5.21. The number of aryl methyl sites for hydroxylation is 3. The van der Waals surface area contributed by atoms with Crippen LogP contribution in [0.15, 0.2) is 47.8 Å². The highest BCUT2D eigenvalue weighted by molar-refractivity contribution is 7.13. The third-order valence-electron chi connectivity index (χ3n) is 4.30. The molecule has 1 N–H and O–H groups in total. The van der Waals surface area contributed by atoms with Gasteiger partial charge in [-0.05, 0) is 37.4 Å². The van der Waals surface area contributed by atoms with Crippen molar-refractivity contribution in [2.24, 2.45) is 7.05 Å². The van der Waals surface area contributed by atoms with Gasteiger partial charge in [-0.15, -0.1) is 11.3 Å². The van der Waals surface area contributed by atoms with Crippen LogP contribution >= 0.6 is 11.3 Å². The quantitative estimate of drug-likeness (QED) is 0.581. The van der Waals surface area contributed by atoms with Crippen molar-refractivity contribution in [3.8, 4) is 10.4 Å². The maximum atomic E-state index is 13.1. The summed E-state index contributed by atoms with van der Waals surface area (Å²) < 4.78 is 1.72. The van der Waals surface area contributed by atoms with Crippen LogP contribution in [0.1, 0.15) is 21.7 Å². The predicted molar refractivity (Wildman–Crippen MR) is 106 cm³/mol. The molecule has 0 bridgehead atoms. The molecule has 4 aromatic rings. The summed E-state index contributed by atoms with van der Waals surface area (Å²) in [7, 11) is 1.84. The van der Waals surface area contributed by atoms with Crippen LogP contribution in [0.2, 0.25) is 0 Å². The molecule has 1 amide bonds. The van der Waals surface area contributed by atoms with Gasteiger partial charge >= 0.3 is 0 Å². The summed E-state index contributed by atoms with van der Waals surface area (Å²) in [5, 5.41) is 10.3. The molecule has 0 atom stereocenters. The van der Waals surface area contributed by atoms with Crippen LogP contribution < -0.4 is 5.32 Å². The Balaban J connectivity index is 1.78. The number of amides is 1. The van der Waals surface area contributed by atoms with Gasteiger partial charge in [0.25, 0.3) is 5.91 Å². The molecule has 0 aliphatic heterocycles. The van der Waals surface area contributed by atoms with Crippen molar-refractivity contribution in [2.75, 3.05) is 5.32 Å². The zero-order chi connectivity index (χ0) is 18.3. The molecule has 3 aromatic heterocycles. The van der Waals surface area contributed by atoms with Crippen molar-refractivity contribution < 1.29 is 4.79 Å². The summed E-state index contributed by atoms with van der Waals surface area (Å²) in [5.74, 6) is -0.152. The number of pyridine rings is 1. The van der Waals surface area contributed by atoms with E-state index in [4.69, 9.17) is 0 Å². The van der Waals surface area contributed by atoms with Gasteiger partial charge in [-0.25, -0.2) is 4.98 Å². The molecule has 0 saturated carbocycles. The van der Waals surface area contributed by atoms with Gasteiger partial charge in [0.1, 0.15) is 0 Å². The average molecular weight is 362 g/mol. The molecule has 5 nitrogen and oxygen atoms in total. The lowest BCUT2D eigenvalue weighted by molar-refractivity contribution is 0.102. The van der Waals surface area contributed by atoms with E-state index >= 15 is 0 Å².